The summed E-state index contributed by atoms with van der Waals surface area (Å²) in [6.45, 7) is 2.08. The summed E-state index contributed by atoms with van der Waals surface area (Å²) in [6.07, 6.45) is -0.709. The fourth-order valence-electron chi connectivity index (χ4n) is 4.40. The van der Waals surface area contributed by atoms with Gasteiger partial charge in [0.05, 0.1) is 31.1 Å². The lowest BCUT2D eigenvalue weighted by molar-refractivity contribution is -0.137. The second kappa shape index (κ2) is 10.2. The highest BCUT2D eigenvalue weighted by molar-refractivity contribution is 7.88. The lowest BCUT2D eigenvalue weighted by atomic mass is 9.98. The Labute approximate surface area is 201 Å². The second-order valence-corrected chi connectivity index (χ2v) is 10.7. The minimum absolute atomic E-state index is 0.0261. The van der Waals surface area contributed by atoms with Crippen molar-refractivity contribution < 1.29 is 30.7 Å². The third-order valence-electron chi connectivity index (χ3n) is 6.40. The highest BCUT2D eigenvalue weighted by atomic mass is 32.2. The number of piperidine rings is 1. The molecule has 2 fully saturated rings. The average Bonchev–Trinajstić information content (AvgIpc) is 2.83. The van der Waals surface area contributed by atoms with E-state index in [0.717, 1.165) is 12.1 Å². The largest absolute Gasteiger partial charge is 0.416 e. The first-order chi connectivity index (χ1) is 16.5. The van der Waals surface area contributed by atoms with Crippen LogP contribution in [-0.4, -0.2) is 68.3 Å². The Balaban J connectivity index is 1.46. The van der Waals surface area contributed by atoms with Crippen LogP contribution in [0.25, 0.3) is 0 Å². The number of hydrogen-bond donors (Lipinski definition) is 1. The molecular formula is C22H27F4N5O3S. The highest BCUT2D eigenvalue weighted by Crippen LogP contribution is 2.34. The van der Waals surface area contributed by atoms with Crippen molar-refractivity contribution in [3.05, 3.63) is 47.5 Å². The lowest BCUT2D eigenvalue weighted by Gasteiger charge is -2.37. The van der Waals surface area contributed by atoms with Crippen LogP contribution in [0.2, 0.25) is 0 Å². The third kappa shape index (κ3) is 6.01. The van der Waals surface area contributed by atoms with Crippen molar-refractivity contribution in [1.29, 1.82) is 0 Å². The van der Waals surface area contributed by atoms with Crippen LogP contribution >= 0.6 is 0 Å². The van der Waals surface area contributed by atoms with Crippen molar-refractivity contribution in [1.82, 2.24) is 14.3 Å². The maximum atomic E-state index is 15.4. The number of nitrogens with zero attached hydrogens (tertiary/aromatic N) is 4. The summed E-state index contributed by atoms with van der Waals surface area (Å²) in [7, 11) is -3.22. The van der Waals surface area contributed by atoms with E-state index in [2.05, 4.69) is 15.3 Å². The van der Waals surface area contributed by atoms with Gasteiger partial charge in [0.25, 0.3) is 0 Å². The maximum Gasteiger partial charge on any atom is 0.416 e. The number of anilines is 2. The number of halogens is 4. The molecule has 8 nitrogen and oxygen atoms in total. The third-order valence-corrected chi connectivity index (χ3v) is 7.70. The predicted molar refractivity (Wildman–Crippen MR) is 122 cm³/mol. The van der Waals surface area contributed by atoms with E-state index in [4.69, 9.17) is 4.74 Å². The summed E-state index contributed by atoms with van der Waals surface area (Å²) in [6, 6.07) is 4.23. The Morgan fingerprint density at radius 3 is 2.43 bits per heavy atom. The van der Waals surface area contributed by atoms with E-state index < -0.39 is 33.6 Å². The zero-order valence-electron chi connectivity index (χ0n) is 19.1. The number of morpholine rings is 1. The number of rotatable bonds is 6. The van der Waals surface area contributed by atoms with Crippen LogP contribution < -0.4 is 10.2 Å². The second-order valence-electron chi connectivity index (χ2n) is 8.75. The van der Waals surface area contributed by atoms with E-state index in [1.165, 1.54) is 29.0 Å². The number of hydrogen-bond acceptors (Lipinski definition) is 7. The first kappa shape index (κ1) is 25.6. The molecule has 13 heteroatoms. The van der Waals surface area contributed by atoms with Gasteiger partial charge in [-0.25, -0.2) is 22.7 Å². The zero-order valence-corrected chi connectivity index (χ0v) is 19.9. The van der Waals surface area contributed by atoms with Crippen molar-refractivity contribution in [2.24, 2.45) is 5.92 Å². The van der Waals surface area contributed by atoms with Gasteiger partial charge in [0.1, 0.15) is 6.33 Å². The van der Waals surface area contributed by atoms with Crippen molar-refractivity contribution in [3.8, 4) is 0 Å². The Morgan fingerprint density at radius 2 is 1.80 bits per heavy atom. The molecule has 2 aliphatic heterocycles. The van der Waals surface area contributed by atoms with Gasteiger partial charge in [-0.2, -0.15) is 17.6 Å². The van der Waals surface area contributed by atoms with Crippen LogP contribution in [0.3, 0.4) is 0 Å². The molecule has 0 amide bonds. The van der Waals surface area contributed by atoms with Gasteiger partial charge in [-0.15, -0.1) is 0 Å². The number of nitrogens with one attached hydrogen (secondary N) is 1. The van der Waals surface area contributed by atoms with Gasteiger partial charge >= 0.3 is 6.18 Å². The Morgan fingerprint density at radius 1 is 1.11 bits per heavy atom. The molecule has 1 aromatic heterocycles. The van der Waals surface area contributed by atoms with E-state index in [9.17, 15) is 21.6 Å². The number of sulfonamides is 1. The fraction of sp³-hybridized carbons (Fsp3) is 0.545. The van der Waals surface area contributed by atoms with E-state index in [1.807, 2.05) is 0 Å². The molecule has 1 atom stereocenters. The normalized spacial score (nSPS) is 20.7. The van der Waals surface area contributed by atoms with E-state index in [1.54, 1.807) is 4.90 Å². The number of alkyl halides is 3. The summed E-state index contributed by atoms with van der Waals surface area (Å²) >= 11 is 0. The number of benzene rings is 1. The smallest absolute Gasteiger partial charge is 0.377 e. The minimum atomic E-state index is -4.44. The SMILES string of the molecule is CS(=O)(=O)N1CCC(CNc2ncnc(N3CCOC[C@@H]3c3ccc(C(F)(F)F)cc3)c2F)CC1. The first-order valence-electron chi connectivity index (χ1n) is 11.2. The van der Waals surface area contributed by atoms with Crippen LogP contribution in [0.4, 0.5) is 29.2 Å². The molecule has 2 aromatic rings. The Hall–Kier alpha value is -2.51. The van der Waals surface area contributed by atoms with Crippen LogP contribution in [0, 0.1) is 11.7 Å². The highest BCUT2D eigenvalue weighted by Gasteiger charge is 2.33. The molecule has 3 heterocycles. The Kier molecular flexibility index (Phi) is 7.48. The predicted octanol–water partition coefficient (Wildman–Crippen LogP) is 3.30. The van der Waals surface area contributed by atoms with Gasteiger partial charge in [-0.05, 0) is 36.5 Å². The van der Waals surface area contributed by atoms with Crippen molar-refractivity contribution in [2.45, 2.75) is 25.1 Å². The number of ether oxygens (including phenoxy) is 1. The standard InChI is InChI=1S/C22H27F4N5O3S/c1-35(32,33)30-8-6-15(7-9-30)12-27-20-19(23)21(29-14-28-20)31-10-11-34-13-18(31)16-2-4-17(5-3-16)22(24,25)26/h2-5,14-15,18H,6-13H2,1H3,(H,27,28,29)/t18-/m1/s1. The van der Waals surface area contributed by atoms with E-state index in [-0.39, 0.29) is 24.2 Å². The van der Waals surface area contributed by atoms with Gasteiger partial charge < -0.3 is 15.0 Å². The molecule has 192 valence electrons. The van der Waals surface area contributed by atoms with Gasteiger partial charge in [-0.3, -0.25) is 0 Å². The summed E-state index contributed by atoms with van der Waals surface area (Å²) in [4.78, 5) is 9.82. The molecule has 1 aromatic carbocycles. The maximum absolute atomic E-state index is 15.4. The zero-order chi connectivity index (χ0) is 25.2. The molecule has 0 spiro atoms. The monoisotopic (exact) mass is 517 g/mol. The van der Waals surface area contributed by atoms with Crippen molar-refractivity contribution in [3.63, 3.8) is 0 Å². The molecule has 0 unspecified atom stereocenters. The van der Waals surface area contributed by atoms with Gasteiger partial charge in [-0.1, -0.05) is 12.1 Å². The molecule has 2 saturated heterocycles. The molecule has 0 radical (unpaired) electrons. The fourth-order valence-corrected chi connectivity index (χ4v) is 5.27. The topological polar surface area (TPSA) is 87.7 Å². The van der Waals surface area contributed by atoms with Crippen LogP contribution in [0.1, 0.15) is 30.0 Å². The molecule has 2 aliphatic rings. The number of aromatic nitrogens is 2. The lowest BCUT2D eigenvalue weighted by Crippen LogP contribution is -2.41. The quantitative estimate of drug-likeness (QED) is 0.589. The van der Waals surface area contributed by atoms with Gasteiger partial charge in [0.15, 0.2) is 11.6 Å². The Bertz CT molecular complexity index is 1120. The molecule has 0 bridgehead atoms. The summed E-state index contributed by atoms with van der Waals surface area (Å²) < 4.78 is 84.6. The molecule has 4 rings (SSSR count). The summed E-state index contributed by atoms with van der Waals surface area (Å²) in [5.41, 5.74) is -0.200. The van der Waals surface area contributed by atoms with Crippen molar-refractivity contribution >= 4 is 21.7 Å². The van der Waals surface area contributed by atoms with Gasteiger partial charge in [0.2, 0.25) is 15.8 Å². The minimum Gasteiger partial charge on any atom is -0.377 e. The average molecular weight is 518 g/mol. The van der Waals surface area contributed by atoms with Crippen LogP contribution in [0.5, 0.6) is 0 Å². The van der Waals surface area contributed by atoms with Crippen LogP contribution in [-0.2, 0) is 20.9 Å². The molecule has 0 saturated carbocycles. The molecular weight excluding hydrogens is 490 g/mol. The van der Waals surface area contributed by atoms with E-state index >= 15 is 4.39 Å². The van der Waals surface area contributed by atoms with E-state index in [0.29, 0.717) is 51.2 Å². The van der Waals surface area contributed by atoms with Crippen molar-refractivity contribution in [2.75, 3.05) is 55.9 Å². The molecule has 0 aliphatic carbocycles. The van der Waals surface area contributed by atoms with Gasteiger partial charge in [0, 0.05) is 26.2 Å². The summed E-state index contributed by atoms with van der Waals surface area (Å²) in [5.74, 6) is -0.422. The van der Waals surface area contributed by atoms with Crippen LogP contribution in [0.15, 0.2) is 30.6 Å². The summed E-state index contributed by atoms with van der Waals surface area (Å²) in [5, 5.41) is 3.02. The molecule has 35 heavy (non-hydrogen) atoms. The molecule has 1 N–H and O–H groups in total. The first-order valence-corrected chi connectivity index (χ1v) is 13.1.